The van der Waals surface area contributed by atoms with Crippen LogP contribution >= 0.6 is 0 Å². The summed E-state index contributed by atoms with van der Waals surface area (Å²) in [4.78, 5) is 32.0. The highest BCUT2D eigenvalue weighted by Crippen LogP contribution is 2.20. The molecule has 3 rings (SSSR count). The van der Waals surface area contributed by atoms with E-state index in [1.165, 1.54) is 4.90 Å². The SMILES string of the molecule is NC(=O)N1CCCC(C(=O)NCc2cccnc2N2CCOCC2)C1. The van der Waals surface area contributed by atoms with E-state index >= 15 is 0 Å². The summed E-state index contributed by atoms with van der Waals surface area (Å²) >= 11 is 0. The van der Waals surface area contributed by atoms with E-state index in [-0.39, 0.29) is 11.8 Å². The topological polar surface area (TPSA) is 101 Å². The van der Waals surface area contributed by atoms with Crippen molar-refractivity contribution in [2.45, 2.75) is 19.4 Å². The Morgan fingerprint density at radius 3 is 2.88 bits per heavy atom. The molecule has 0 saturated carbocycles. The molecule has 2 fully saturated rings. The number of urea groups is 1. The van der Waals surface area contributed by atoms with Crippen LogP contribution in [0.5, 0.6) is 0 Å². The fourth-order valence-corrected chi connectivity index (χ4v) is 3.35. The number of rotatable bonds is 4. The Kier molecular flexibility index (Phi) is 5.70. The summed E-state index contributed by atoms with van der Waals surface area (Å²) in [6, 6.07) is 3.40. The fourth-order valence-electron chi connectivity index (χ4n) is 3.35. The van der Waals surface area contributed by atoms with Crippen LogP contribution in [0.1, 0.15) is 18.4 Å². The van der Waals surface area contributed by atoms with Crippen molar-refractivity contribution in [2.75, 3.05) is 44.3 Å². The van der Waals surface area contributed by atoms with E-state index in [0.717, 1.165) is 37.3 Å². The molecule has 2 saturated heterocycles. The summed E-state index contributed by atoms with van der Waals surface area (Å²) in [5.41, 5.74) is 6.31. The highest BCUT2D eigenvalue weighted by molar-refractivity contribution is 5.80. The van der Waals surface area contributed by atoms with Gasteiger partial charge in [0, 0.05) is 44.5 Å². The van der Waals surface area contributed by atoms with E-state index in [0.29, 0.717) is 32.8 Å². The molecule has 3 N–H and O–H groups in total. The predicted molar refractivity (Wildman–Crippen MR) is 93.0 cm³/mol. The zero-order valence-corrected chi connectivity index (χ0v) is 14.3. The lowest BCUT2D eigenvalue weighted by molar-refractivity contribution is -0.126. The van der Waals surface area contributed by atoms with Crippen LogP contribution in [0.3, 0.4) is 0 Å². The Morgan fingerprint density at radius 1 is 1.32 bits per heavy atom. The molecule has 3 amide bonds. The summed E-state index contributed by atoms with van der Waals surface area (Å²) in [6.07, 6.45) is 3.34. The van der Waals surface area contributed by atoms with Crippen LogP contribution in [-0.2, 0) is 16.1 Å². The molecule has 2 aliphatic rings. The van der Waals surface area contributed by atoms with E-state index in [4.69, 9.17) is 10.5 Å². The van der Waals surface area contributed by atoms with Crippen molar-refractivity contribution in [1.82, 2.24) is 15.2 Å². The van der Waals surface area contributed by atoms with Gasteiger partial charge in [0.2, 0.25) is 5.91 Å². The summed E-state index contributed by atoms with van der Waals surface area (Å²) in [5.74, 6) is 0.654. The highest BCUT2D eigenvalue weighted by atomic mass is 16.5. The van der Waals surface area contributed by atoms with Gasteiger partial charge in [-0.1, -0.05) is 6.07 Å². The third-order valence-electron chi connectivity index (χ3n) is 4.74. The number of carbonyl (C=O) groups excluding carboxylic acids is 2. The van der Waals surface area contributed by atoms with Gasteiger partial charge in [-0.15, -0.1) is 0 Å². The monoisotopic (exact) mass is 347 g/mol. The molecule has 1 atom stereocenters. The Bertz CT molecular complexity index is 618. The molecule has 0 aliphatic carbocycles. The van der Waals surface area contributed by atoms with Crippen molar-refractivity contribution in [2.24, 2.45) is 11.7 Å². The molecule has 2 aliphatic heterocycles. The van der Waals surface area contributed by atoms with Crippen LogP contribution in [0.25, 0.3) is 0 Å². The minimum Gasteiger partial charge on any atom is -0.378 e. The standard InChI is InChI=1S/C17H25N5O3/c18-17(24)22-6-2-4-14(12-22)16(23)20-11-13-3-1-5-19-15(13)21-7-9-25-10-8-21/h1,3,5,14H,2,4,6-12H2,(H2,18,24)(H,20,23). The van der Waals surface area contributed by atoms with Crippen LogP contribution in [0, 0.1) is 5.92 Å². The number of nitrogens with two attached hydrogens (primary N) is 1. The Labute approximate surface area is 147 Å². The second-order valence-corrected chi connectivity index (χ2v) is 6.43. The minimum atomic E-state index is -0.459. The van der Waals surface area contributed by atoms with Gasteiger partial charge in [0.05, 0.1) is 19.1 Å². The third-order valence-corrected chi connectivity index (χ3v) is 4.74. The molecule has 0 radical (unpaired) electrons. The number of piperidine rings is 1. The van der Waals surface area contributed by atoms with Gasteiger partial charge >= 0.3 is 6.03 Å². The van der Waals surface area contributed by atoms with E-state index in [9.17, 15) is 9.59 Å². The number of hydrogen-bond acceptors (Lipinski definition) is 5. The number of likely N-dealkylation sites (tertiary alicyclic amines) is 1. The lowest BCUT2D eigenvalue weighted by Gasteiger charge is -2.31. The number of nitrogens with zero attached hydrogens (tertiary/aromatic N) is 3. The van der Waals surface area contributed by atoms with Crippen molar-refractivity contribution >= 4 is 17.8 Å². The van der Waals surface area contributed by atoms with E-state index in [1.54, 1.807) is 6.20 Å². The number of aromatic nitrogens is 1. The van der Waals surface area contributed by atoms with Crippen molar-refractivity contribution < 1.29 is 14.3 Å². The van der Waals surface area contributed by atoms with Gasteiger partial charge in [-0.05, 0) is 18.9 Å². The molecule has 8 heteroatoms. The van der Waals surface area contributed by atoms with Crippen LogP contribution in [0.4, 0.5) is 10.6 Å². The Balaban J connectivity index is 1.59. The van der Waals surface area contributed by atoms with E-state index < -0.39 is 6.03 Å². The lowest BCUT2D eigenvalue weighted by Crippen LogP contribution is -2.47. The summed E-state index contributed by atoms with van der Waals surface area (Å²) in [7, 11) is 0. The molecule has 1 aromatic heterocycles. The van der Waals surface area contributed by atoms with Crippen molar-refractivity contribution in [3.63, 3.8) is 0 Å². The van der Waals surface area contributed by atoms with Gasteiger partial charge in [-0.2, -0.15) is 0 Å². The molecule has 1 aromatic rings. The second-order valence-electron chi connectivity index (χ2n) is 6.43. The number of ether oxygens (including phenoxy) is 1. The maximum Gasteiger partial charge on any atom is 0.314 e. The first-order valence-corrected chi connectivity index (χ1v) is 8.74. The smallest absolute Gasteiger partial charge is 0.314 e. The number of pyridine rings is 1. The molecule has 3 heterocycles. The first-order valence-electron chi connectivity index (χ1n) is 8.74. The van der Waals surface area contributed by atoms with E-state index in [1.807, 2.05) is 12.1 Å². The zero-order chi connectivity index (χ0) is 17.6. The number of hydrogen-bond donors (Lipinski definition) is 2. The molecule has 8 nitrogen and oxygen atoms in total. The van der Waals surface area contributed by atoms with Gasteiger partial charge in [-0.25, -0.2) is 9.78 Å². The molecule has 0 aromatic carbocycles. The molecule has 1 unspecified atom stereocenters. The molecule has 136 valence electrons. The van der Waals surface area contributed by atoms with E-state index in [2.05, 4.69) is 15.2 Å². The van der Waals surface area contributed by atoms with Gasteiger partial charge in [-0.3, -0.25) is 4.79 Å². The summed E-state index contributed by atoms with van der Waals surface area (Å²) in [6.45, 7) is 4.42. The summed E-state index contributed by atoms with van der Waals surface area (Å²) < 4.78 is 5.39. The van der Waals surface area contributed by atoms with Gasteiger partial charge in [0.1, 0.15) is 5.82 Å². The zero-order valence-electron chi connectivity index (χ0n) is 14.3. The average molecular weight is 347 g/mol. The average Bonchev–Trinajstić information content (AvgIpc) is 2.67. The van der Waals surface area contributed by atoms with Crippen molar-refractivity contribution in [3.05, 3.63) is 23.9 Å². The van der Waals surface area contributed by atoms with Gasteiger partial charge in [0.25, 0.3) is 0 Å². The first-order chi connectivity index (χ1) is 12.1. The maximum atomic E-state index is 12.5. The lowest BCUT2D eigenvalue weighted by atomic mass is 9.97. The first kappa shape index (κ1) is 17.5. The number of anilines is 1. The number of amides is 3. The molecule has 0 bridgehead atoms. The molecular formula is C17H25N5O3. The van der Waals surface area contributed by atoms with Crippen LogP contribution in [0.15, 0.2) is 18.3 Å². The Hall–Kier alpha value is -2.35. The van der Waals surface area contributed by atoms with Crippen molar-refractivity contribution in [3.8, 4) is 0 Å². The number of carbonyl (C=O) groups is 2. The second kappa shape index (κ2) is 8.15. The highest BCUT2D eigenvalue weighted by Gasteiger charge is 2.27. The van der Waals surface area contributed by atoms with Crippen LogP contribution < -0.4 is 16.0 Å². The van der Waals surface area contributed by atoms with Crippen molar-refractivity contribution in [1.29, 1.82) is 0 Å². The van der Waals surface area contributed by atoms with Gasteiger partial charge in [0.15, 0.2) is 0 Å². The molecule has 0 spiro atoms. The predicted octanol–water partition coefficient (Wildman–Crippen LogP) is 0.325. The third kappa shape index (κ3) is 4.39. The van der Waals surface area contributed by atoms with Crippen LogP contribution in [-0.4, -0.2) is 61.2 Å². The quantitative estimate of drug-likeness (QED) is 0.817. The largest absolute Gasteiger partial charge is 0.378 e. The molecule has 25 heavy (non-hydrogen) atoms. The van der Waals surface area contributed by atoms with Crippen LogP contribution in [0.2, 0.25) is 0 Å². The fraction of sp³-hybridized carbons (Fsp3) is 0.588. The summed E-state index contributed by atoms with van der Waals surface area (Å²) in [5, 5.41) is 2.99. The number of morpholine rings is 1. The number of nitrogens with one attached hydrogen (secondary N) is 1. The number of primary amides is 1. The normalized spacial score (nSPS) is 21.0. The minimum absolute atomic E-state index is 0.0391. The Morgan fingerprint density at radius 2 is 2.12 bits per heavy atom. The maximum absolute atomic E-state index is 12.5. The van der Waals surface area contributed by atoms with Gasteiger partial charge < -0.3 is 25.6 Å². The molecular weight excluding hydrogens is 322 g/mol.